The molecule has 0 bridgehead atoms. The first-order valence-electron chi connectivity index (χ1n) is 9.61. The highest BCUT2D eigenvalue weighted by atomic mass is 16.6. The lowest BCUT2D eigenvalue weighted by molar-refractivity contribution is -0.00654. The van der Waals surface area contributed by atoms with Crippen molar-refractivity contribution in [1.29, 1.82) is 0 Å². The van der Waals surface area contributed by atoms with Crippen molar-refractivity contribution in [1.82, 2.24) is 10.4 Å². The minimum atomic E-state index is -0.693. The number of ether oxygens (including phenoxy) is 2. The Morgan fingerprint density at radius 1 is 1.00 bits per heavy atom. The number of aryl methyl sites for hydroxylation is 1. The van der Waals surface area contributed by atoms with Gasteiger partial charge in [-0.3, -0.25) is 0 Å². The second-order valence-electron chi connectivity index (χ2n) is 9.14. The van der Waals surface area contributed by atoms with E-state index in [1.165, 1.54) is 10.6 Å². The Bertz CT molecular complexity index is 726. The Morgan fingerprint density at radius 3 is 2.11 bits per heavy atom. The highest BCUT2D eigenvalue weighted by molar-refractivity contribution is 5.75. The second-order valence-corrected chi connectivity index (χ2v) is 9.14. The summed E-state index contributed by atoms with van der Waals surface area (Å²) in [6.45, 7) is 12.7. The van der Waals surface area contributed by atoms with E-state index in [9.17, 15) is 9.59 Å². The summed E-state index contributed by atoms with van der Waals surface area (Å²) in [7, 11) is 0. The molecule has 0 heterocycles. The molecule has 28 heavy (non-hydrogen) atoms. The molecule has 0 spiro atoms. The number of carbonyl (C=O) groups excluding carboxylic acids is 2. The highest BCUT2D eigenvalue weighted by Gasteiger charge is 2.37. The van der Waals surface area contributed by atoms with Gasteiger partial charge in [-0.2, -0.15) is 0 Å². The molecule has 1 N–H and O–H groups in total. The van der Waals surface area contributed by atoms with Crippen molar-refractivity contribution >= 4 is 12.2 Å². The molecule has 154 valence electrons. The maximum Gasteiger partial charge on any atom is 0.429 e. The summed E-state index contributed by atoms with van der Waals surface area (Å²) in [6.07, 6.45) is 3.39. The van der Waals surface area contributed by atoms with E-state index in [-0.39, 0.29) is 12.0 Å². The lowest BCUT2D eigenvalue weighted by atomic mass is 9.92. The molecule has 0 unspecified atom stereocenters. The number of nitrogens with one attached hydrogen (secondary N) is 1. The molecule has 6 heteroatoms. The van der Waals surface area contributed by atoms with Gasteiger partial charge in [-0.15, -0.1) is 0 Å². The van der Waals surface area contributed by atoms with Crippen LogP contribution in [0.2, 0.25) is 0 Å². The second kappa shape index (κ2) is 8.25. The lowest BCUT2D eigenvalue weighted by Gasteiger charge is -2.34. The zero-order valence-electron chi connectivity index (χ0n) is 17.9. The summed E-state index contributed by atoms with van der Waals surface area (Å²) in [5.41, 5.74) is 3.50. The van der Waals surface area contributed by atoms with Crippen molar-refractivity contribution < 1.29 is 19.1 Å². The number of nitrogens with zero attached hydrogens (tertiary/aromatic N) is 1. The fourth-order valence-electron chi connectivity index (χ4n) is 3.00. The Kier molecular flexibility index (Phi) is 6.42. The standard InChI is InChI=1S/C22H32N2O4/c1-15-11-13-16(14-12-15)17-9-8-10-18(17)24(20(26)28-22(5,6)7)23-19(25)27-21(2,3)4/h8,10-14,17-18H,9H2,1-7H3,(H,23,25)/t17-,18+/m0/s1. The lowest BCUT2D eigenvalue weighted by Crippen LogP contribution is -2.54. The van der Waals surface area contributed by atoms with E-state index in [1.54, 1.807) is 41.5 Å². The fraction of sp³-hybridized carbons (Fsp3) is 0.545. The predicted molar refractivity (Wildman–Crippen MR) is 109 cm³/mol. The molecular formula is C22H32N2O4. The summed E-state index contributed by atoms with van der Waals surface area (Å²) in [4.78, 5) is 25.3. The monoisotopic (exact) mass is 388 g/mol. The van der Waals surface area contributed by atoms with Gasteiger partial charge >= 0.3 is 12.2 Å². The predicted octanol–water partition coefficient (Wildman–Crippen LogP) is 5.08. The zero-order valence-corrected chi connectivity index (χ0v) is 17.9. The number of benzene rings is 1. The first kappa shape index (κ1) is 21.8. The maximum atomic E-state index is 12.9. The van der Waals surface area contributed by atoms with Crippen LogP contribution in [0.25, 0.3) is 0 Å². The summed E-state index contributed by atoms with van der Waals surface area (Å²) >= 11 is 0. The molecule has 2 atom stereocenters. The van der Waals surface area contributed by atoms with Crippen LogP contribution in [0.3, 0.4) is 0 Å². The number of allylic oxidation sites excluding steroid dienone is 1. The molecule has 0 saturated carbocycles. The van der Waals surface area contributed by atoms with Crippen LogP contribution in [-0.4, -0.2) is 34.4 Å². The SMILES string of the molecule is Cc1ccc([C@@H]2CC=C[C@H]2N(NC(=O)OC(C)(C)C)C(=O)OC(C)(C)C)cc1. The molecule has 2 amide bonds. The van der Waals surface area contributed by atoms with Gasteiger partial charge in [-0.25, -0.2) is 20.0 Å². The highest BCUT2D eigenvalue weighted by Crippen LogP contribution is 2.33. The number of rotatable bonds is 2. The van der Waals surface area contributed by atoms with E-state index in [2.05, 4.69) is 17.6 Å². The van der Waals surface area contributed by atoms with E-state index in [1.807, 2.05) is 31.2 Å². The van der Waals surface area contributed by atoms with E-state index in [0.29, 0.717) is 0 Å². The average Bonchev–Trinajstić information content (AvgIpc) is 2.99. The normalized spacial score (nSPS) is 19.2. The molecule has 1 aliphatic carbocycles. The van der Waals surface area contributed by atoms with Gasteiger partial charge in [0.05, 0.1) is 6.04 Å². The van der Waals surface area contributed by atoms with E-state index in [4.69, 9.17) is 9.47 Å². The zero-order chi connectivity index (χ0) is 21.1. The van der Waals surface area contributed by atoms with Crippen molar-refractivity contribution in [2.45, 2.75) is 78.0 Å². The van der Waals surface area contributed by atoms with Crippen LogP contribution in [0.4, 0.5) is 9.59 Å². The quantitative estimate of drug-likeness (QED) is 0.566. The number of amides is 2. The molecule has 1 aromatic rings. The molecule has 0 fully saturated rings. The van der Waals surface area contributed by atoms with Crippen LogP contribution in [0, 0.1) is 6.92 Å². The van der Waals surface area contributed by atoms with Crippen LogP contribution in [0.5, 0.6) is 0 Å². The molecule has 1 aromatic carbocycles. The smallest absolute Gasteiger partial charge is 0.429 e. The largest absolute Gasteiger partial charge is 0.443 e. The minimum absolute atomic E-state index is 0.0167. The molecule has 0 radical (unpaired) electrons. The third kappa shape index (κ3) is 6.29. The molecule has 6 nitrogen and oxygen atoms in total. The topological polar surface area (TPSA) is 67.9 Å². The van der Waals surface area contributed by atoms with Crippen LogP contribution < -0.4 is 5.43 Å². The Morgan fingerprint density at radius 2 is 1.57 bits per heavy atom. The summed E-state index contributed by atoms with van der Waals surface area (Å²) in [5, 5.41) is 1.24. The Labute approximate surface area is 167 Å². The molecule has 0 aromatic heterocycles. The maximum absolute atomic E-state index is 12.9. The van der Waals surface area contributed by atoms with Crippen LogP contribution in [-0.2, 0) is 9.47 Å². The first-order valence-corrected chi connectivity index (χ1v) is 9.61. The van der Waals surface area contributed by atoms with Crippen molar-refractivity contribution in [3.05, 3.63) is 47.5 Å². The number of hydrazine groups is 1. The van der Waals surface area contributed by atoms with Crippen LogP contribution in [0.15, 0.2) is 36.4 Å². The molecule has 0 saturated heterocycles. The summed E-state index contributed by atoms with van der Waals surface area (Å²) in [6, 6.07) is 7.83. The van der Waals surface area contributed by atoms with E-state index >= 15 is 0 Å². The van der Waals surface area contributed by atoms with Crippen LogP contribution in [0.1, 0.15) is 65.0 Å². The average molecular weight is 389 g/mol. The minimum Gasteiger partial charge on any atom is -0.443 e. The van der Waals surface area contributed by atoms with Gasteiger partial charge in [0.15, 0.2) is 0 Å². The molecule has 2 rings (SSSR count). The molecular weight excluding hydrogens is 356 g/mol. The Balaban J connectivity index is 2.28. The summed E-state index contributed by atoms with van der Waals surface area (Å²) in [5.74, 6) is 0.0167. The van der Waals surface area contributed by atoms with Crippen molar-refractivity contribution in [2.75, 3.05) is 0 Å². The number of hydrogen-bond acceptors (Lipinski definition) is 4. The van der Waals surface area contributed by atoms with Gasteiger partial charge < -0.3 is 9.47 Å². The third-order valence-electron chi connectivity index (χ3n) is 4.14. The summed E-state index contributed by atoms with van der Waals surface area (Å²) < 4.78 is 10.9. The fourth-order valence-corrected chi connectivity index (χ4v) is 3.00. The number of hydrogen-bond donors (Lipinski definition) is 1. The third-order valence-corrected chi connectivity index (χ3v) is 4.14. The number of carbonyl (C=O) groups is 2. The van der Waals surface area contributed by atoms with Gasteiger partial charge in [0.2, 0.25) is 0 Å². The van der Waals surface area contributed by atoms with Crippen LogP contribution >= 0.6 is 0 Å². The van der Waals surface area contributed by atoms with Gasteiger partial charge in [-0.1, -0.05) is 42.0 Å². The van der Waals surface area contributed by atoms with E-state index in [0.717, 1.165) is 12.0 Å². The van der Waals surface area contributed by atoms with E-state index < -0.39 is 23.4 Å². The van der Waals surface area contributed by atoms with Crippen molar-refractivity contribution in [3.63, 3.8) is 0 Å². The van der Waals surface area contributed by atoms with Gasteiger partial charge in [0.1, 0.15) is 11.2 Å². The Hall–Kier alpha value is -2.50. The van der Waals surface area contributed by atoms with Gasteiger partial charge in [-0.05, 0) is 60.5 Å². The van der Waals surface area contributed by atoms with Gasteiger partial charge in [0, 0.05) is 5.92 Å². The molecule has 1 aliphatic rings. The van der Waals surface area contributed by atoms with Crippen molar-refractivity contribution in [3.8, 4) is 0 Å². The van der Waals surface area contributed by atoms with Gasteiger partial charge in [0.25, 0.3) is 0 Å². The molecule has 0 aliphatic heterocycles. The first-order chi connectivity index (χ1) is 12.9. The van der Waals surface area contributed by atoms with Crippen molar-refractivity contribution in [2.24, 2.45) is 0 Å².